The van der Waals surface area contributed by atoms with Gasteiger partial charge in [-0.25, -0.2) is 0 Å². The smallest absolute Gasteiger partial charge is 0.256 e. The molecule has 0 bridgehead atoms. The zero-order valence-electron chi connectivity index (χ0n) is 12.5. The van der Waals surface area contributed by atoms with Gasteiger partial charge in [-0.05, 0) is 33.8 Å². The lowest BCUT2D eigenvalue weighted by Gasteiger charge is -2.42. The predicted molar refractivity (Wildman–Crippen MR) is 75.4 cm³/mol. The number of hydrogen-bond donors (Lipinski definition) is 1. The van der Waals surface area contributed by atoms with Crippen molar-refractivity contribution in [3.05, 3.63) is 23.0 Å². The molecule has 0 radical (unpaired) electrons. The van der Waals surface area contributed by atoms with Crippen LogP contribution in [0, 0.1) is 13.8 Å². The highest BCUT2D eigenvalue weighted by Gasteiger charge is 2.35. The van der Waals surface area contributed by atoms with Crippen molar-refractivity contribution in [2.45, 2.75) is 39.4 Å². The van der Waals surface area contributed by atoms with E-state index in [4.69, 9.17) is 10.5 Å². The van der Waals surface area contributed by atoms with E-state index < -0.39 is 0 Å². The molecule has 1 amide bonds. The average Bonchev–Trinajstić information content (AvgIpc) is 2.38. The highest BCUT2D eigenvalue weighted by molar-refractivity contribution is 5.95. The van der Waals surface area contributed by atoms with Crippen molar-refractivity contribution in [1.82, 2.24) is 15.1 Å². The summed E-state index contributed by atoms with van der Waals surface area (Å²) >= 11 is 0. The first-order valence-corrected chi connectivity index (χ1v) is 6.80. The van der Waals surface area contributed by atoms with Crippen molar-refractivity contribution in [1.29, 1.82) is 0 Å². The van der Waals surface area contributed by atoms with Gasteiger partial charge < -0.3 is 15.4 Å². The van der Waals surface area contributed by atoms with Crippen LogP contribution in [0.4, 0.5) is 0 Å². The molecule has 1 atom stereocenters. The summed E-state index contributed by atoms with van der Waals surface area (Å²) in [6.45, 7) is 9.03. The fourth-order valence-electron chi connectivity index (χ4n) is 2.51. The lowest BCUT2D eigenvalue weighted by atomic mass is 10.0. The Kier molecular flexibility index (Phi) is 4.06. The lowest BCUT2D eigenvalue weighted by molar-refractivity contribution is -0.122. The SMILES string of the molecule is Cc1cc(C(=O)N2CC(CN)OC(C)(C)C2)c(C)nn1. The van der Waals surface area contributed by atoms with Crippen LogP contribution in [0.5, 0.6) is 0 Å². The lowest BCUT2D eigenvalue weighted by Crippen LogP contribution is -2.56. The number of nitrogens with zero attached hydrogens (tertiary/aromatic N) is 3. The van der Waals surface area contributed by atoms with Crippen LogP contribution >= 0.6 is 0 Å². The number of amides is 1. The van der Waals surface area contributed by atoms with Gasteiger partial charge in [0, 0.05) is 19.6 Å². The number of morpholine rings is 1. The number of aryl methyl sites for hydroxylation is 2. The first kappa shape index (κ1) is 14.9. The molecule has 2 rings (SSSR count). The summed E-state index contributed by atoms with van der Waals surface area (Å²) in [4.78, 5) is 14.5. The van der Waals surface area contributed by atoms with Crippen molar-refractivity contribution in [3.8, 4) is 0 Å². The second-order valence-corrected chi connectivity index (χ2v) is 5.91. The molecule has 1 aromatic heterocycles. The predicted octanol–water partition coefficient (Wildman–Crippen LogP) is 0.672. The number of ether oxygens (including phenoxy) is 1. The molecule has 6 heteroatoms. The molecule has 1 aliphatic rings. The van der Waals surface area contributed by atoms with Crippen molar-refractivity contribution in [2.75, 3.05) is 19.6 Å². The molecule has 1 unspecified atom stereocenters. The van der Waals surface area contributed by atoms with Crippen molar-refractivity contribution in [2.24, 2.45) is 5.73 Å². The van der Waals surface area contributed by atoms with Gasteiger partial charge in [-0.15, -0.1) is 0 Å². The van der Waals surface area contributed by atoms with Crippen LogP contribution in [-0.4, -0.2) is 52.3 Å². The molecule has 6 nitrogen and oxygen atoms in total. The Morgan fingerprint density at radius 3 is 2.85 bits per heavy atom. The zero-order valence-corrected chi connectivity index (χ0v) is 12.5. The molecule has 2 N–H and O–H groups in total. The van der Waals surface area contributed by atoms with Gasteiger partial charge in [-0.3, -0.25) is 4.79 Å². The summed E-state index contributed by atoms with van der Waals surface area (Å²) in [6, 6.07) is 1.78. The van der Waals surface area contributed by atoms with Crippen molar-refractivity contribution < 1.29 is 9.53 Å². The minimum atomic E-state index is -0.388. The van der Waals surface area contributed by atoms with E-state index in [0.717, 1.165) is 5.69 Å². The Morgan fingerprint density at radius 1 is 1.50 bits per heavy atom. The van der Waals surface area contributed by atoms with Gasteiger partial charge in [-0.1, -0.05) is 0 Å². The highest BCUT2D eigenvalue weighted by atomic mass is 16.5. The summed E-state index contributed by atoms with van der Waals surface area (Å²) in [5, 5.41) is 7.98. The molecule has 1 fully saturated rings. The topological polar surface area (TPSA) is 81.3 Å². The molecule has 0 spiro atoms. The largest absolute Gasteiger partial charge is 0.367 e. The monoisotopic (exact) mass is 278 g/mol. The van der Waals surface area contributed by atoms with Gasteiger partial charge in [0.25, 0.3) is 5.91 Å². The summed E-state index contributed by atoms with van der Waals surface area (Å²) in [6.07, 6.45) is -0.126. The van der Waals surface area contributed by atoms with E-state index in [1.165, 1.54) is 0 Å². The summed E-state index contributed by atoms with van der Waals surface area (Å²) in [7, 11) is 0. The van der Waals surface area contributed by atoms with Crippen molar-refractivity contribution >= 4 is 5.91 Å². The van der Waals surface area contributed by atoms with E-state index in [1.54, 1.807) is 17.9 Å². The maximum Gasteiger partial charge on any atom is 0.256 e. The standard InChI is InChI=1S/C14H22N4O2/c1-9-5-12(10(2)17-16-9)13(19)18-7-11(6-15)20-14(3,4)8-18/h5,11H,6-8,15H2,1-4H3. The van der Waals surface area contributed by atoms with Gasteiger partial charge in [-0.2, -0.15) is 10.2 Å². The quantitative estimate of drug-likeness (QED) is 0.860. The third kappa shape index (κ3) is 3.13. The zero-order chi connectivity index (χ0) is 14.9. The Morgan fingerprint density at radius 2 is 2.20 bits per heavy atom. The van der Waals surface area contributed by atoms with Crippen LogP contribution in [0.3, 0.4) is 0 Å². The second-order valence-electron chi connectivity index (χ2n) is 5.91. The number of carbonyl (C=O) groups excluding carboxylic acids is 1. The van der Waals surface area contributed by atoms with Crippen LogP contribution in [0.2, 0.25) is 0 Å². The molecule has 20 heavy (non-hydrogen) atoms. The molecular formula is C14H22N4O2. The van der Waals surface area contributed by atoms with Gasteiger partial charge in [0.2, 0.25) is 0 Å². The van der Waals surface area contributed by atoms with E-state index in [2.05, 4.69) is 10.2 Å². The minimum absolute atomic E-state index is 0.0321. The Hall–Kier alpha value is -1.53. The number of aromatic nitrogens is 2. The molecule has 0 saturated carbocycles. The molecule has 0 aliphatic carbocycles. The third-order valence-corrected chi connectivity index (χ3v) is 3.36. The number of hydrogen-bond acceptors (Lipinski definition) is 5. The number of carbonyl (C=O) groups is 1. The molecule has 1 aliphatic heterocycles. The molecule has 110 valence electrons. The second kappa shape index (κ2) is 5.46. The maximum absolute atomic E-state index is 12.7. The first-order chi connectivity index (χ1) is 9.32. The fourth-order valence-corrected chi connectivity index (χ4v) is 2.51. The average molecular weight is 278 g/mol. The molecular weight excluding hydrogens is 256 g/mol. The van der Waals surface area contributed by atoms with Crippen molar-refractivity contribution in [3.63, 3.8) is 0 Å². The highest BCUT2D eigenvalue weighted by Crippen LogP contribution is 2.22. The van der Waals surface area contributed by atoms with Crippen LogP contribution in [-0.2, 0) is 4.74 Å². The normalized spacial score (nSPS) is 21.9. The van der Waals surface area contributed by atoms with E-state index in [9.17, 15) is 4.79 Å². The minimum Gasteiger partial charge on any atom is -0.367 e. The molecule has 1 aromatic rings. The van der Waals surface area contributed by atoms with Crippen LogP contribution in [0.1, 0.15) is 35.6 Å². The van der Waals surface area contributed by atoms with E-state index in [0.29, 0.717) is 30.9 Å². The third-order valence-electron chi connectivity index (χ3n) is 3.36. The molecule has 2 heterocycles. The molecule has 0 aromatic carbocycles. The molecule has 1 saturated heterocycles. The number of nitrogens with two attached hydrogens (primary N) is 1. The summed E-state index contributed by atoms with van der Waals surface area (Å²) in [5.74, 6) is -0.0321. The number of rotatable bonds is 2. The maximum atomic E-state index is 12.7. The van der Waals surface area contributed by atoms with Gasteiger partial charge in [0.1, 0.15) is 0 Å². The van der Waals surface area contributed by atoms with Gasteiger partial charge in [0.05, 0.1) is 28.7 Å². The van der Waals surface area contributed by atoms with Gasteiger partial charge in [0.15, 0.2) is 0 Å². The van der Waals surface area contributed by atoms with Crippen LogP contribution in [0.25, 0.3) is 0 Å². The fraction of sp³-hybridized carbons (Fsp3) is 0.643. The van der Waals surface area contributed by atoms with E-state index in [1.807, 2.05) is 20.8 Å². The van der Waals surface area contributed by atoms with Crippen LogP contribution in [0.15, 0.2) is 6.07 Å². The summed E-state index contributed by atoms with van der Waals surface area (Å²) in [5.41, 5.74) is 7.29. The van der Waals surface area contributed by atoms with E-state index in [-0.39, 0.29) is 17.6 Å². The van der Waals surface area contributed by atoms with E-state index >= 15 is 0 Å². The van der Waals surface area contributed by atoms with Crippen LogP contribution < -0.4 is 5.73 Å². The Balaban J connectivity index is 2.25. The first-order valence-electron chi connectivity index (χ1n) is 6.80. The Bertz CT molecular complexity index is 516. The van der Waals surface area contributed by atoms with Gasteiger partial charge >= 0.3 is 0 Å². The summed E-state index contributed by atoms with van der Waals surface area (Å²) < 4.78 is 5.85. The Labute approximate surface area is 119 Å².